The highest BCUT2D eigenvalue weighted by atomic mass is 16.6. The first kappa shape index (κ1) is 17.4. The van der Waals surface area contributed by atoms with Crippen LogP contribution in [-0.4, -0.2) is 49.3 Å². The quantitative estimate of drug-likeness (QED) is 0.554. The van der Waals surface area contributed by atoms with Gasteiger partial charge in [-0.15, -0.1) is 0 Å². The van der Waals surface area contributed by atoms with E-state index in [1.165, 1.54) is 5.57 Å². The van der Waals surface area contributed by atoms with E-state index >= 15 is 0 Å². The predicted octanol–water partition coefficient (Wildman–Crippen LogP) is 3.49. The van der Waals surface area contributed by atoms with Gasteiger partial charge in [-0.2, -0.15) is 0 Å². The Kier molecular flexibility index (Phi) is 4.65. The summed E-state index contributed by atoms with van der Waals surface area (Å²) in [5.41, 5.74) is 1.13. The van der Waals surface area contributed by atoms with Crippen LogP contribution in [-0.2, 0) is 18.9 Å². The predicted molar refractivity (Wildman–Crippen MR) is 89.5 cm³/mol. The number of ether oxygens (including phenoxy) is 4. The maximum Gasteiger partial charge on any atom is 0.101 e. The molecule has 3 aliphatic rings. The van der Waals surface area contributed by atoms with E-state index in [0.717, 1.165) is 25.9 Å². The molecule has 1 spiro atoms. The Balaban J connectivity index is 1.78. The lowest BCUT2D eigenvalue weighted by molar-refractivity contribution is -0.151. The van der Waals surface area contributed by atoms with Gasteiger partial charge in [0, 0.05) is 7.11 Å². The number of hydrogen-bond donors (Lipinski definition) is 0. The van der Waals surface area contributed by atoms with Crippen molar-refractivity contribution in [1.82, 2.24) is 0 Å². The lowest BCUT2D eigenvalue weighted by atomic mass is 9.68. The van der Waals surface area contributed by atoms with Gasteiger partial charge in [0.2, 0.25) is 0 Å². The maximum absolute atomic E-state index is 6.20. The van der Waals surface area contributed by atoms with Gasteiger partial charge in [-0.25, -0.2) is 0 Å². The SMILES string of the molecule is COC1C(OC(C)C)CC[C@]2(CO2)C1[C@]1(C)OC1CC=C(C)C. The van der Waals surface area contributed by atoms with Crippen molar-refractivity contribution in [2.45, 2.75) is 89.5 Å². The number of rotatable bonds is 6. The van der Waals surface area contributed by atoms with Crippen molar-refractivity contribution in [2.75, 3.05) is 13.7 Å². The van der Waals surface area contributed by atoms with E-state index in [9.17, 15) is 0 Å². The molecule has 4 heteroatoms. The van der Waals surface area contributed by atoms with Crippen LogP contribution in [0.5, 0.6) is 0 Å². The van der Waals surface area contributed by atoms with Gasteiger partial charge < -0.3 is 18.9 Å². The van der Waals surface area contributed by atoms with Crippen molar-refractivity contribution in [3.05, 3.63) is 11.6 Å². The van der Waals surface area contributed by atoms with Crippen LogP contribution in [0, 0.1) is 5.92 Å². The summed E-state index contributed by atoms with van der Waals surface area (Å²) in [6.45, 7) is 11.5. The highest BCUT2D eigenvalue weighted by molar-refractivity contribution is 5.20. The van der Waals surface area contributed by atoms with Crippen molar-refractivity contribution in [3.63, 3.8) is 0 Å². The van der Waals surface area contributed by atoms with E-state index < -0.39 is 0 Å². The Bertz CT molecular complexity index is 464. The lowest BCUT2D eigenvalue weighted by Gasteiger charge is -2.43. The number of allylic oxidation sites excluding steroid dienone is 1. The van der Waals surface area contributed by atoms with Gasteiger partial charge in [0.25, 0.3) is 0 Å². The molecule has 0 aromatic carbocycles. The summed E-state index contributed by atoms with van der Waals surface area (Å²) in [6.07, 6.45) is 5.92. The molecule has 3 fully saturated rings. The Morgan fingerprint density at radius 1 is 1.35 bits per heavy atom. The zero-order chi connectivity index (χ0) is 16.8. The van der Waals surface area contributed by atoms with Crippen molar-refractivity contribution in [1.29, 1.82) is 0 Å². The second kappa shape index (κ2) is 6.14. The summed E-state index contributed by atoms with van der Waals surface area (Å²) in [7, 11) is 1.80. The summed E-state index contributed by atoms with van der Waals surface area (Å²) < 4.78 is 24.2. The van der Waals surface area contributed by atoms with Crippen LogP contribution in [0.15, 0.2) is 11.6 Å². The van der Waals surface area contributed by atoms with E-state index in [4.69, 9.17) is 18.9 Å². The van der Waals surface area contributed by atoms with Crippen LogP contribution in [0.1, 0.15) is 53.9 Å². The smallest absolute Gasteiger partial charge is 0.101 e. The third-order valence-electron chi connectivity index (χ3n) is 5.68. The third kappa shape index (κ3) is 3.23. The monoisotopic (exact) mass is 324 g/mol. The molecular weight excluding hydrogens is 292 g/mol. The molecule has 0 N–H and O–H groups in total. The summed E-state index contributed by atoms with van der Waals surface area (Å²) in [5, 5.41) is 0. The molecule has 0 aromatic heterocycles. The zero-order valence-corrected chi connectivity index (χ0v) is 15.4. The summed E-state index contributed by atoms with van der Waals surface area (Å²) in [5.74, 6) is 0.244. The van der Waals surface area contributed by atoms with Gasteiger partial charge in [0.15, 0.2) is 0 Å². The van der Waals surface area contributed by atoms with Gasteiger partial charge >= 0.3 is 0 Å². The van der Waals surface area contributed by atoms with Gasteiger partial charge in [-0.1, -0.05) is 11.6 Å². The molecule has 3 rings (SSSR count). The van der Waals surface area contributed by atoms with E-state index in [0.29, 0.717) is 0 Å². The van der Waals surface area contributed by atoms with Crippen molar-refractivity contribution in [2.24, 2.45) is 5.92 Å². The Morgan fingerprint density at radius 3 is 2.57 bits per heavy atom. The Morgan fingerprint density at radius 2 is 2.04 bits per heavy atom. The molecule has 4 nitrogen and oxygen atoms in total. The first-order valence-electron chi connectivity index (χ1n) is 8.96. The van der Waals surface area contributed by atoms with E-state index in [-0.39, 0.29) is 41.5 Å². The van der Waals surface area contributed by atoms with Gasteiger partial charge in [-0.3, -0.25) is 0 Å². The van der Waals surface area contributed by atoms with Crippen LogP contribution in [0.3, 0.4) is 0 Å². The van der Waals surface area contributed by atoms with Crippen LogP contribution in [0.2, 0.25) is 0 Å². The average Bonchev–Trinajstić information content (AvgIpc) is 3.37. The van der Waals surface area contributed by atoms with E-state index in [1.807, 2.05) is 0 Å². The maximum atomic E-state index is 6.20. The van der Waals surface area contributed by atoms with Gasteiger partial charge in [0.1, 0.15) is 5.60 Å². The Hall–Kier alpha value is -0.420. The highest BCUT2D eigenvalue weighted by Crippen LogP contribution is 2.59. The number of hydrogen-bond acceptors (Lipinski definition) is 4. The topological polar surface area (TPSA) is 43.5 Å². The standard InChI is InChI=1S/C19H32O4/c1-12(2)7-8-15-18(5,23-15)17-16(20-6)14(22-13(3)4)9-10-19(17)11-21-19/h7,13-17H,8-11H2,1-6H3/t14?,15?,16?,17?,18-,19+/m1/s1. The average molecular weight is 324 g/mol. The van der Waals surface area contributed by atoms with E-state index in [1.54, 1.807) is 7.11 Å². The van der Waals surface area contributed by atoms with Crippen molar-refractivity contribution in [3.8, 4) is 0 Å². The molecule has 23 heavy (non-hydrogen) atoms. The van der Waals surface area contributed by atoms with Gasteiger partial charge in [0.05, 0.1) is 42.5 Å². The normalized spacial score (nSPS) is 45.3. The molecule has 6 atom stereocenters. The first-order valence-corrected chi connectivity index (χ1v) is 8.96. The molecule has 4 unspecified atom stereocenters. The molecule has 132 valence electrons. The molecule has 0 amide bonds. The summed E-state index contributed by atoms with van der Waals surface area (Å²) >= 11 is 0. The molecule has 2 heterocycles. The molecule has 0 aromatic rings. The largest absolute Gasteiger partial charge is 0.378 e. The second-order valence-corrected chi connectivity index (χ2v) is 8.10. The Labute approximate surface area is 140 Å². The van der Waals surface area contributed by atoms with Crippen LogP contribution >= 0.6 is 0 Å². The fourth-order valence-electron chi connectivity index (χ4n) is 4.44. The van der Waals surface area contributed by atoms with Crippen molar-refractivity contribution < 1.29 is 18.9 Å². The van der Waals surface area contributed by atoms with Crippen LogP contribution in [0.25, 0.3) is 0 Å². The van der Waals surface area contributed by atoms with Crippen LogP contribution < -0.4 is 0 Å². The molecule has 1 aliphatic carbocycles. The second-order valence-electron chi connectivity index (χ2n) is 8.10. The van der Waals surface area contributed by atoms with Crippen LogP contribution in [0.4, 0.5) is 0 Å². The summed E-state index contributed by atoms with van der Waals surface area (Å²) in [6, 6.07) is 0. The zero-order valence-electron chi connectivity index (χ0n) is 15.4. The van der Waals surface area contributed by atoms with E-state index in [2.05, 4.69) is 40.7 Å². The molecule has 0 radical (unpaired) electrons. The molecule has 0 bridgehead atoms. The summed E-state index contributed by atoms with van der Waals surface area (Å²) in [4.78, 5) is 0. The van der Waals surface area contributed by atoms with Gasteiger partial charge in [-0.05, 0) is 53.9 Å². The minimum Gasteiger partial charge on any atom is -0.378 e. The minimum absolute atomic E-state index is 0.0374. The third-order valence-corrected chi connectivity index (χ3v) is 5.68. The van der Waals surface area contributed by atoms with Crippen molar-refractivity contribution >= 4 is 0 Å². The number of methoxy groups -OCH3 is 1. The minimum atomic E-state index is -0.165. The lowest BCUT2D eigenvalue weighted by Crippen LogP contribution is -2.55. The molecule has 1 saturated carbocycles. The molecule has 2 saturated heterocycles. The fraction of sp³-hybridized carbons (Fsp3) is 0.895. The number of epoxide rings is 2. The molecular formula is C19H32O4. The molecule has 2 aliphatic heterocycles. The highest BCUT2D eigenvalue weighted by Gasteiger charge is 2.71. The fourth-order valence-corrected chi connectivity index (χ4v) is 4.44. The first-order chi connectivity index (χ1) is 10.8.